The van der Waals surface area contributed by atoms with E-state index in [1.807, 2.05) is 6.92 Å². The first-order chi connectivity index (χ1) is 12.0. The van der Waals surface area contributed by atoms with Crippen molar-refractivity contribution in [2.24, 2.45) is 15.8 Å². The molecule has 1 aromatic carbocycles. The Morgan fingerprint density at radius 3 is 2.72 bits per heavy atom. The summed E-state index contributed by atoms with van der Waals surface area (Å²) < 4.78 is 5.93. The van der Waals surface area contributed by atoms with E-state index in [0.29, 0.717) is 10.8 Å². The Morgan fingerprint density at radius 1 is 1.20 bits per heavy atom. The van der Waals surface area contributed by atoms with Gasteiger partial charge in [-0.3, -0.25) is 0 Å². The molecule has 0 amide bonds. The summed E-state index contributed by atoms with van der Waals surface area (Å²) in [5.74, 6) is 0.812. The highest BCUT2D eigenvalue weighted by Crippen LogP contribution is 2.32. The number of ether oxygens (including phenoxy) is 1. The van der Waals surface area contributed by atoms with Crippen LogP contribution in [-0.2, 0) is 0 Å². The molecule has 1 unspecified atom stereocenters. The molecule has 1 atom stereocenters. The molecule has 0 bridgehead atoms. The second-order valence-electron chi connectivity index (χ2n) is 5.18. The number of aromatic nitrogens is 2. The zero-order valence-electron chi connectivity index (χ0n) is 13.1. The minimum atomic E-state index is -0.582. The minimum Gasteiger partial charge on any atom is -0.437 e. The molecule has 0 fully saturated rings. The van der Waals surface area contributed by atoms with Crippen molar-refractivity contribution in [3.63, 3.8) is 0 Å². The van der Waals surface area contributed by atoms with Crippen molar-refractivity contribution in [1.82, 2.24) is 15.4 Å². The van der Waals surface area contributed by atoms with Crippen LogP contribution in [0.5, 0.6) is 5.75 Å². The van der Waals surface area contributed by atoms with Crippen LogP contribution in [0, 0.1) is 0 Å². The van der Waals surface area contributed by atoms with Crippen LogP contribution in [0.2, 0.25) is 5.02 Å². The summed E-state index contributed by atoms with van der Waals surface area (Å²) in [6.45, 7) is 1.82. The summed E-state index contributed by atoms with van der Waals surface area (Å²) in [6.07, 6.45) is 5.90. The first kappa shape index (κ1) is 17.3. The highest BCUT2D eigenvalue weighted by molar-refractivity contribution is 6.64. The van der Waals surface area contributed by atoms with Crippen molar-refractivity contribution in [3.8, 4) is 16.9 Å². The van der Waals surface area contributed by atoms with Gasteiger partial charge in [-0.05, 0) is 42.3 Å². The fraction of sp³-hybridized carbons (Fsp3) is 0.125. The van der Waals surface area contributed by atoms with Crippen LogP contribution in [0.25, 0.3) is 11.1 Å². The molecule has 0 aliphatic carbocycles. The maximum absolute atomic E-state index is 6.12. The summed E-state index contributed by atoms with van der Waals surface area (Å²) >= 11 is 12.0. The van der Waals surface area contributed by atoms with Crippen molar-refractivity contribution in [1.29, 1.82) is 0 Å². The van der Waals surface area contributed by atoms with Gasteiger partial charge in [0.2, 0.25) is 11.2 Å². The van der Waals surface area contributed by atoms with E-state index in [9.17, 15) is 0 Å². The molecule has 3 N–H and O–H groups in total. The second kappa shape index (κ2) is 7.60. The molecule has 7 nitrogen and oxygen atoms in total. The number of benzene rings is 1. The lowest BCUT2D eigenvalue weighted by Gasteiger charge is -2.15. The second-order valence-corrected chi connectivity index (χ2v) is 5.98. The molecule has 128 valence electrons. The predicted octanol–water partition coefficient (Wildman–Crippen LogP) is 2.92. The number of aliphatic imine (C=N–C) groups is 1. The van der Waals surface area contributed by atoms with Crippen LogP contribution in [0.1, 0.15) is 6.92 Å². The zero-order chi connectivity index (χ0) is 17.8. The first-order valence-corrected chi connectivity index (χ1v) is 8.02. The van der Waals surface area contributed by atoms with E-state index in [1.165, 1.54) is 6.33 Å². The summed E-state index contributed by atoms with van der Waals surface area (Å²) in [5, 5.41) is 4.73. The molecule has 0 spiro atoms. The minimum absolute atomic E-state index is 0.0776. The van der Waals surface area contributed by atoms with Gasteiger partial charge < -0.3 is 10.5 Å². The van der Waals surface area contributed by atoms with Crippen molar-refractivity contribution < 1.29 is 4.74 Å². The number of nitrogens with zero attached hydrogens (tertiary/aromatic N) is 4. The van der Waals surface area contributed by atoms with Gasteiger partial charge in [0, 0.05) is 34.6 Å². The number of nitrogens with one attached hydrogen (secondary N) is 1. The predicted molar refractivity (Wildman–Crippen MR) is 98.7 cm³/mol. The first-order valence-electron chi connectivity index (χ1n) is 7.26. The number of hydrazone groups is 1. The molecule has 0 saturated carbocycles. The van der Waals surface area contributed by atoms with E-state index in [2.05, 4.69) is 25.5 Å². The fourth-order valence-electron chi connectivity index (χ4n) is 2.09. The molecule has 0 radical (unpaired) electrons. The van der Waals surface area contributed by atoms with Gasteiger partial charge >= 0.3 is 0 Å². The number of rotatable bonds is 2. The number of amidine groups is 1. The monoisotopic (exact) mass is 376 g/mol. The molecule has 2 heterocycles. The van der Waals surface area contributed by atoms with Crippen LogP contribution < -0.4 is 15.9 Å². The average Bonchev–Trinajstić information content (AvgIpc) is 2.61. The van der Waals surface area contributed by atoms with Crippen LogP contribution in [0.4, 0.5) is 0 Å². The van der Waals surface area contributed by atoms with Crippen molar-refractivity contribution >= 4 is 34.4 Å². The third-order valence-corrected chi connectivity index (χ3v) is 3.77. The quantitative estimate of drug-likeness (QED) is 0.785. The van der Waals surface area contributed by atoms with E-state index >= 15 is 0 Å². The smallest absolute Gasteiger partial charge is 0.236 e. The average molecular weight is 377 g/mol. The standard InChI is InChI=1S/C16H14Cl2N6O/c1-9-4-14(23-24-16(18)22-15(9)19)25-13-3-2-11(17)5-12(13)10-6-20-8-21-7-10/h2-8,15H,19H2,1H3,(H,22,24)/b9-4-,23-14+. The number of nitrogens with two attached hydrogens (primary N) is 1. The molecule has 2 aromatic rings. The fourth-order valence-corrected chi connectivity index (χ4v) is 2.41. The Bertz CT molecular complexity index is 866. The molecular weight excluding hydrogens is 363 g/mol. The van der Waals surface area contributed by atoms with E-state index in [0.717, 1.165) is 16.7 Å². The van der Waals surface area contributed by atoms with E-state index in [-0.39, 0.29) is 11.2 Å². The van der Waals surface area contributed by atoms with E-state index < -0.39 is 6.17 Å². The van der Waals surface area contributed by atoms with Gasteiger partial charge in [0.25, 0.3) is 0 Å². The SMILES string of the molecule is C/C1=C/C(Oc2ccc(Cl)cc2-c2cncnc2)=N\N/C(Cl)=N\C1N. The summed E-state index contributed by atoms with van der Waals surface area (Å²) in [7, 11) is 0. The normalized spacial score (nSPS) is 23.7. The highest BCUT2D eigenvalue weighted by Gasteiger charge is 2.14. The lowest BCUT2D eigenvalue weighted by Crippen LogP contribution is -2.28. The third kappa shape index (κ3) is 4.33. The number of hydrogen-bond acceptors (Lipinski definition) is 7. The van der Waals surface area contributed by atoms with Crippen molar-refractivity contribution in [3.05, 3.63) is 53.6 Å². The van der Waals surface area contributed by atoms with Crippen molar-refractivity contribution in [2.75, 3.05) is 0 Å². The largest absolute Gasteiger partial charge is 0.437 e. The summed E-state index contributed by atoms with van der Waals surface area (Å²) in [4.78, 5) is 12.1. The summed E-state index contributed by atoms with van der Waals surface area (Å²) in [5.41, 5.74) is 10.7. The van der Waals surface area contributed by atoms with E-state index in [1.54, 1.807) is 36.7 Å². The molecule has 25 heavy (non-hydrogen) atoms. The Morgan fingerprint density at radius 2 is 1.96 bits per heavy atom. The Balaban J connectivity index is 1.98. The number of halogens is 2. The Labute approximate surface area is 154 Å². The van der Waals surface area contributed by atoms with Crippen LogP contribution in [-0.4, -0.2) is 27.3 Å². The maximum atomic E-state index is 6.12. The molecule has 1 aliphatic heterocycles. The number of hydrogen-bond donors (Lipinski definition) is 2. The van der Waals surface area contributed by atoms with Crippen LogP contribution in [0.3, 0.4) is 0 Å². The Hall–Kier alpha value is -2.48. The van der Waals surface area contributed by atoms with Gasteiger partial charge in [-0.15, -0.1) is 5.10 Å². The molecular formula is C16H14Cl2N6O. The molecule has 1 aromatic heterocycles. The van der Waals surface area contributed by atoms with Gasteiger partial charge in [0.05, 0.1) is 0 Å². The summed E-state index contributed by atoms with van der Waals surface area (Å²) in [6, 6.07) is 5.23. The molecule has 1 aliphatic rings. The zero-order valence-corrected chi connectivity index (χ0v) is 14.7. The van der Waals surface area contributed by atoms with Gasteiger partial charge in [-0.1, -0.05) is 11.6 Å². The molecule has 9 heteroatoms. The van der Waals surface area contributed by atoms with Gasteiger partial charge in [-0.25, -0.2) is 20.4 Å². The topological polar surface area (TPSA) is 97.8 Å². The third-order valence-electron chi connectivity index (χ3n) is 3.36. The molecule has 0 saturated heterocycles. The van der Waals surface area contributed by atoms with Gasteiger partial charge in [0.15, 0.2) is 0 Å². The lowest BCUT2D eigenvalue weighted by molar-refractivity contribution is 0.549. The van der Waals surface area contributed by atoms with Crippen molar-refractivity contribution in [2.45, 2.75) is 13.1 Å². The van der Waals surface area contributed by atoms with E-state index in [4.69, 9.17) is 33.7 Å². The van der Waals surface area contributed by atoms with Gasteiger partial charge in [0.1, 0.15) is 18.2 Å². The highest BCUT2D eigenvalue weighted by atomic mass is 35.5. The van der Waals surface area contributed by atoms with Gasteiger partial charge in [-0.2, -0.15) is 0 Å². The Kier molecular flexibility index (Phi) is 5.28. The van der Waals surface area contributed by atoms with Crippen LogP contribution in [0.15, 0.2) is 58.7 Å². The maximum Gasteiger partial charge on any atom is 0.236 e. The van der Waals surface area contributed by atoms with Crippen LogP contribution >= 0.6 is 23.2 Å². The molecule has 3 rings (SSSR count). The lowest BCUT2D eigenvalue weighted by atomic mass is 10.1.